The molecule has 3 aromatic rings. The maximum atomic E-state index is 14.1. The first-order valence-corrected chi connectivity index (χ1v) is 16.3. The van der Waals surface area contributed by atoms with E-state index in [1.807, 2.05) is 30.3 Å². The van der Waals surface area contributed by atoms with Crippen LogP contribution in [0.2, 0.25) is 5.02 Å². The van der Waals surface area contributed by atoms with Crippen molar-refractivity contribution in [3.05, 3.63) is 95.0 Å². The van der Waals surface area contributed by atoms with Gasteiger partial charge in [0.1, 0.15) is 12.6 Å². The summed E-state index contributed by atoms with van der Waals surface area (Å²) in [6.07, 6.45) is -0.539. The van der Waals surface area contributed by atoms with Gasteiger partial charge in [0.15, 0.2) is 0 Å². The average molecular weight is 650 g/mol. The van der Waals surface area contributed by atoms with Crippen LogP contribution in [0.3, 0.4) is 0 Å². The quantitative estimate of drug-likeness (QED) is 0.244. The number of hydrogen-bond acceptors (Lipinski definition) is 4. The molecule has 0 unspecified atom stereocenters. The van der Waals surface area contributed by atoms with E-state index in [1.165, 1.54) is 29.2 Å². The third-order valence-electron chi connectivity index (χ3n) is 7.72. The summed E-state index contributed by atoms with van der Waals surface area (Å²) >= 11 is 6.31. The van der Waals surface area contributed by atoms with Crippen molar-refractivity contribution in [2.75, 3.05) is 17.4 Å². The molecule has 12 heteroatoms. The number of benzene rings is 3. The number of carbonyl (C=O) groups excluding carboxylic acids is 2. The highest BCUT2D eigenvalue weighted by Gasteiger charge is 2.37. The van der Waals surface area contributed by atoms with Gasteiger partial charge in [-0.3, -0.25) is 13.9 Å². The van der Waals surface area contributed by atoms with Gasteiger partial charge in [0.25, 0.3) is 10.0 Å². The molecule has 1 fully saturated rings. The SMILES string of the molecule is CC[C@H](C(=O)NC1CCCC1)N(CCc1ccccc1)C(=O)CN(c1cc(C(F)(F)F)ccc1Cl)S(=O)(=O)c1ccccc1. The van der Waals surface area contributed by atoms with Crippen molar-refractivity contribution in [1.29, 1.82) is 0 Å². The van der Waals surface area contributed by atoms with E-state index in [1.54, 1.807) is 13.0 Å². The van der Waals surface area contributed by atoms with Gasteiger partial charge in [0.05, 0.1) is 21.2 Å². The molecule has 1 aliphatic rings. The molecule has 1 aliphatic carbocycles. The van der Waals surface area contributed by atoms with Gasteiger partial charge >= 0.3 is 6.18 Å². The lowest BCUT2D eigenvalue weighted by atomic mass is 10.1. The first-order valence-electron chi connectivity index (χ1n) is 14.5. The summed E-state index contributed by atoms with van der Waals surface area (Å²) in [5.74, 6) is -1.10. The second kappa shape index (κ2) is 14.5. The molecule has 0 saturated heterocycles. The number of halogens is 4. The maximum Gasteiger partial charge on any atom is 0.416 e. The number of nitrogens with one attached hydrogen (secondary N) is 1. The van der Waals surface area contributed by atoms with Crippen LogP contribution in [0.1, 0.15) is 50.2 Å². The van der Waals surface area contributed by atoms with Crippen molar-refractivity contribution < 1.29 is 31.2 Å². The average Bonchev–Trinajstić information content (AvgIpc) is 3.51. The Hall–Kier alpha value is -3.57. The van der Waals surface area contributed by atoms with Crippen LogP contribution in [-0.4, -0.2) is 50.3 Å². The van der Waals surface area contributed by atoms with E-state index in [-0.39, 0.29) is 34.8 Å². The zero-order valence-corrected chi connectivity index (χ0v) is 25.8. The molecule has 1 N–H and O–H groups in total. The van der Waals surface area contributed by atoms with E-state index >= 15 is 0 Å². The molecule has 0 bridgehead atoms. The standard InChI is InChI=1S/C32H35ClF3N3O4S/c1-2-28(31(41)37-25-13-9-10-14-25)38(20-19-23-11-5-3-6-12-23)30(40)22-39(44(42,43)26-15-7-4-8-16-26)29-21-24(32(34,35)36)17-18-27(29)33/h3-8,11-12,15-18,21,25,28H,2,9-10,13-14,19-20,22H2,1H3,(H,37,41)/t28-/m1/s1. The Morgan fingerprint density at radius 2 is 1.59 bits per heavy atom. The smallest absolute Gasteiger partial charge is 0.352 e. The lowest BCUT2D eigenvalue weighted by molar-refractivity contribution is -0.139. The normalized spacial score (nSPS) is 14.7. The van der Waals surface area contributed by atoms with Crippen LogP contribution in [0.15, 0.2) is 83.8 Å². The Kier molecular flexibility index (Phi) is 11.0. The minimum absolute atomic E-state index is 0.0125. The van der Waals surface area contributed by atoms with Gasteiger partial charge in [-0.25, -0.2) is 8.42 Å². The van der Waals surface area contributed by atoms with Crippen molar-refractivity contribution in [3.8, 4) is 0 Å². The zero-order chi connectivity index (χ0) is 31.9. The zero-order valence-electron chi connectivity index (χ0n) is 24.3. The second-order valence-electron chi connectivity index (χ2n) is 10.7. The number of anilines is 1. The first kappa shape index (κ1) is 33.3. The fraction of sp³-hybridized carbons (Fsp3) is 0.375. The molecule has 2 amide bonds. The summed E-state index contributed by atoms with van der Waals surface area (Å²) in [7, 11) is -4.57. The van der Waals surface area contributed by atoms with Gasteiger partial charge in [-0.15, -0.1) is 0 Å². The minimum atomic E-state index is -4.79. The molecule has 7 nitrogen and oxygen atoms in total. The predicted molar refractivity (Wildman–Crippen MR) is 164 cm³/mol. The van der Waals surface area contributed by atoms with Crippen LogP contribution in [0.5, 0.6) is 0 Å². The van der Waals surface area contributed by atoms with Gasteiger partial charge < -0.3 is 10.2 Å². The number of nitrogens with zero attached hydrogens (tertiary/aromatic N) is 2. The number of rotatable bonds is 12. The molecule has 1 atom stereocenters. The molecule has 0 radical (unpaired) electrons. The third-order valence-corrected chi connectivity index (χ3v) is 9.82. The minimum Gasteiger partial charge on any atom is -0.352 e. The number of hydrogen-bond donors (Lipinski definition) is 1. The van der Waals surface area contributed by atoms with Gasteiger partial charge in [0, 0.05) is 12.6 Å². The summed E-state index contributed by atoms with van der Waals surface area (Å²) in [4.78, 5) is 28.7. The lowest BCUT2D eigenvalue weighted by Gasteiger charge is -2.34. The van der Waals surface area contributed by atoms with Gasteiger partial charge in [-0.2, -0.15) is 13.2 Å². The summed E-state index contributed by atoms with van der Waals surface area (Å²) in [6.45, 7) is 0.957. The van der Waals surface area contributed by atoms with Crippen LogP contribution in [0.4, 0.5) is 18.9 Å². The van der Waals surface area contributed by atoms with Crippen molar-refractivity contribution in [3.63, 3.8) is 0 Å². The highest BCUT2D eigenvalue weighted by atomic mass is 35.5. The van der Waals surface area contributed by atoms with E-state index in [4.69, 9.17) is 11.6 Å². The topological polar surface area (TPSA) is 86.8 Å². The fourth-order valence-electron chi connectivity index (χ4n) is 5.38. The Morgan fingerprint density at radius 3 is 2.18 bits per heavy atom. The molecule has 0 aromatic heterocycles. The van der Waals surface area contributed by atoms with Crippen LogP contribution in [0.25, 0.3) is 0 Å². The van der Waals surface area contributed by atoms with Gasteiger partial charge in [-0.05, 0) is 61.6 Å². The van der Waals surface area contributed by atoms with Crippen molar-refractivity contribution in [2.24, 2.45) is 0 Å². The molecule has 0 heterocycles. The molecule has 0 spiro atoms. The van der Waals surface area contributed by atoms with E-state index in [0.717, 1.165) is 43.4 Å². The number of alkyl halides is 3. The van der Waals surface area contributed by atoms with E-state index in [2.05, 4.69) is 5.32 Å². The maximum absolute atomic E-state index is 14.1. The van der Waals surface area contributed by atoms with Crippen LogP contribution in [0, 0.1) is 0 Å². The molecular formula is C32H35ClF3N3O4S. The third kappa shape index (κ3) is 8.12. The molecular weight excluding hydrogens is 615 g/mol. The van der Waals surface area contributed by atoms with Gasteiger partial charge in [0.2, 0.25) is 11.8 Å². The van der Waals surface area contributed by atoms with Crippen LogP contribution in [-0.2, 0) is 32.2 Å². The van der Waals surface area contributed by atoms with Crippen LogP contribution < -0.4 is 9.62 Å². The van der Waals surface area contributed by atoms with E-state index in [9.17, 15) is 31.2 Å². The Morgan fingerprint density at radius 1 is 0.977 bits per heavy atom. The van der Waals surface area contributed by atoms with Crippen molar-refractivity contribution >= 4 is 39.1 Å². The van der Waals surface area contributed by atoms with E-state index in [0.29, 0.717) is 16.8 Å². The summed E-state index contributed by atoms with van der Waals surface area (Å²) in [6, 6.07) is 17.7. The Labute approximate surface area is 261 Å². The predicted octanol–water partition coefficient (Wildman–Crippen LogP) is 6.46. The molecule has 4 rings (SSSR count). The monoisotopic (exact) mass is 649 g/mol. The molecule has 3 aromatic carbocycles. The largest absolute Gasteiger partial charge is 0.416 e. The first-order chi connectivity index (χ1) is 20.9. The summed E-state index contributed by atoms with van der Waals surface area (Å²) < 4.78 is 69.6. The summed E-state index contributed by atoms with van der Waals surface area (Å²) in [5.41, 5.74) is -0.725. The van der Waals surface area contributed by atoms with Crippen molar-refractivity contribution in [2.45, 2.75) is 68.6 Å². The number of sulfonamides is 1. The number of amides is 2. The number of carbonyl (C=O) groups is 2. The summed E-state index contributed by atoms with van der Waals surface area (Å²) in [5, 5.41) is 2.74. The molecule has 236 valence electrons. The van der Waals surface area contributed by atoms with Crippen molar-refractivity contribution in [1.82, 2.24) is 10.2 Å². The van der Waals surface area contributed by atoms with Crippen LogP contribution >= 0.6 is 11.6 Å². The highest BCUT2D eigenvalue weighted by molar-refractivity contribution is 7.92. The lowest BCUT2D eigenvalue weighted by Crippen LogP contribution is -2.54. The molecule has 1 saturated carbocycles. The fourth-order valence-corrected chi connectivity index (χ4v) is 7.09. The molecule has 44 heavy (non-hydrogen) atoms. The highest BCUT2D eigenvalue weighted by Crippen LogP contribution is 2.37. The second-order valence-corrected chi connectivity index (χ2v) is 13.0. The van der Waals surface area contributed by atoms with E-state index < -0.39 is 45.9 Å². The Balaban J connectivity index is 1.74. The molecule has 0 aliphatic heterocycles. The Bertz CT molecular complexity index is 1530. The van der Waals surface area contributed by atoms with Gasteiger partial charge in [-0.1, -0.05) is 79.9 Å².